The summed E-state index contributed by atoms with van der Waals surface area (Å²) in [4.78, 5) is 7.09. The second-order valence-electron chi connectivity index (χ2n) is 12.7. The van der Waals surface area contributed by atoms with E-state index in [4.69, 9.17) is 9.47 Å². The molecule has 188 valence electrons. The van der Waals surface area contributed by atoms with E-state index in [9.17, 15) is 0 Å². The quantitative estimate of drug-likeness (QED) is 0.512. The first-order valence-electron chi connectivity index (χ1n) is 14.4. The van der Waals surface area contributed by atoms with Crippen LogP contribution in [0.1, 0.15) is 69.8 Å². The predicted molar refractivity (Wildman–Crippen MR) is 142 cm³/mol. The van der Waals surface area contributed by atoms with E-state index in [0.717, 1.165) is 26.3 Å². The number of benzene rings is 1. The van der Waals surface area contributed by atoms with Gasteiger partial charge in [0.15, 0.2) is 0 Å². The Morgan fingerprint density at radius 2 is 1.94 bits per heavy atom. The lowest BCUT2D eigenvalue weighted by molar-refractivity contribution is -0.143. The molecular formula is C32H38N2O2. The maximum atomic E-state index is 7.53. The third-order valence-electron chi connectivity index (χ3n) is 11.3. The van der Waals surface area contributed by atoms with Crippen LogP contribution in [0, 0.1) is 11.3 Å². The second kappa shape index (κ2) is 7.75. The average molecular weight is 483 g/mol. The number of ether oxygens (including phenoxy) is 2. The Kier molecular flexibility index (Phi) is 4.74. The number of aromatic nitrogens is 1. The summed E-state index contributed by atoms with van der Waals surface area (Å²) in [5, 5.41) is 2.56. The van der Waals surface area contributed by atoms with Crippen molar-refractivity contribution in [1.82, 2.24) is 9.88 Å². The molecule has 1 aromatic carbocycles. The SMILES string of the molecule is C[C@]12CC=C3C=C4CC[C@@H](N5CCOCC5)C[C@]45CCC3(O5)[C@@H]1CC[C@@H]2c1ccc2ccncc2c1. The summed E-state index contributed by atoms with van der Waals surface area (Å²) in [5.41, 5.74) is 4.78. The van der Waals surface area contributed by atoms with E-state index in [0.29, 0.717) is 17.9 Å². The number of pyridine rings is 1. The van der Waals surface area contributed by atoms with Crippen molar-refractivity contribution < 1.29 is 9.47 Å². The molecule has 6 aliphatic rings. The van der Waals surface area contributed by atoms with E-state index in [1.807, 2.05) is 12.4 Å². The third-order valence-corrected chi connectivity index (χ3v) is 11.3. The first-order valence-corrected chi connectivity index (χ1v) is 14.4. The molecule has 2 saturated heterocycles. The van der Waals surface area contributed by atoms with E-state index in [1.165, 1.54) is 73.3 Å². The van der Waals surface area contributed by atoms with Crippen LogP contribution in [0.4, 0.5) is 0 Å². The van der Waals surface area contributed by atoms with Crippen molar-refractivity contribution >= 4 is 10.8 Å². The van der Waals surface area contributed by atoms with Gasteiger partial charge in [-0.05, 0) is 103 Å². The molecule has 0 amide bonds. The zero-order valence-corrected chi connectivity index (χ0v) is 21.5. The largest absolute Gasteiger partial charge is 0.379 e. The van der Waals surface area contributed by atoms with Crippen molar-refractivity contribution in [2.24, 2.45) is 11.3 Å². The second-order valence-corrected chi connectivity index (χ2v) is 12.7. The number of hydrogen-bond acceptors (Lipinski definition) is 4. The Labute approximate surface area is 214 Å². The third kappa shape index (κ3) is 2.95. The number of fused-ring (bicyclic) bond motifs is 2. The average Bonchev–Trinajstić information content (AvgIpc) is 3.43. The highest BCUT2D eigenvalue weighted by atomic mass is 16.5. The van der Waals surface area contributed by atoms with Crippen molar-refractivity contribution in [3.63, 3.8) is 0 Å². The minimum absolute atomic E-state index is 0.0243. The first-order chi connectivity index (χ1) is 17.6. The van der Waals surface area contributed by atoms with Crippen molar-refractivity contribution in [2.45, 2.75) is 81.5 Å². The summed E-state index contributed by atoms with van der Waals surface area (Å²) < 4.78 is 13.2. The molecule has 0 N–H and O–H groups in total. The summed E-state index contributed by atoms with van der Waals surface area (Å²) in [5.74, 6) is 1.18. The summed E-state index contributed by atoms with van der Waals surface area (Å²) in [6.45, 7) is 6.52. The Hall–Kier alpha value is -2.01. The molecule has 2 aromatic rings. The van der Waals surface area contributed by atoms with Crippen molar-refractivity contribution in [3.05, 3.63) is 65.5 Å². The Balaban J connectivity index is 1.13. The summed E-state index contributed by atoms with van der Waals surface area (Å²) in [7, 11) is 0. The van der Waals surface area contributed by atoms with Crippen LogP contribution in [0.5, 0.6) is 0 Å². The summed E-state index contributed by atoms with van der Waals surface area (Å²) >= 11 is 0. The number of rotatable bonds is 2. The van der Waals surface area contributed by atoms with Gasteiger partial charge in [0.25, 0.3) is 0 Å². The van der Waals surface area contributed by atoms with Gasteiger partial charge in [0.05, 0.1) is 24.4 Å². The predicted octanol–water partition coefficient (Wildman–Crippen LogP) is 6.18. The van der Waals surface area contributed by atoms with Gasteiger partial charge in [0.1, 0.15) is 0 Å². The van der Waals surface area contributed by atoms with Crippen molar-refractivity contribution in [1.29, 1.82) is 0 Å². The topological polar surface area (TPSA) is 34.6 Å². The number of nitrogens with zero attached hydrogens (tertiary/aromatic N) is 2. The Bertz CT molecular complexity index is 1280. The van der Waals surface area contributed by atoms with Crippen molar-refractivity contribution in [2.75, 3.05) is 26.3 Å². The highest BCUT2D eigenvalue weighted by Crippen LogP contribution is 2.69. The number of morpholine rings is 1. The lowest BCUT2D eigenvalue weighted by Crippen LogP contribution is -2.56. The molecule has 4 nitrogen and oxygen atoms in total. The van der Waals surface area contributed by atoms with E-state index in [1.54, 1.807) is 5.57 Å². The van der Waals surface area contributed by atoms with Crippen LogP contribution in [0.15, 0.2) is 60.0 Å². The van der Waals surface area contributed by atoms with E-state index < -0.39 is 0 Å². The molecular weight excluding hydrogens is 444 g/mol. The van der Waals surface area contributed by atoms with Gasteiger partial charge in [-0.1, -0.05) is 31.2 Å². The number of allylic oxidation sites excluding steroid dienone is 1. The van der Waals surface area contributed by atoms with Gasteiger partial charge in [-0.3, -0.25) is 9.88 Å². The summed E-state index contributed by atoms with van der Waals surface area (Å²) in [6.07, 6.45) is 18.9. The van der Waals surface area contributed by atoms with Crippen LogP contribution in [-0.4, -0.2) is 53.4 Å². The molecule has 4 fully saturated rings. The molecule has 2 spiro atoms. The van der Waals surface area contributed by atoms with E-state index >= 15 is 0 Å². The maximum absolute atomic E-state index is 7.53. The monoisotopic (exact) mass is 482 g/mol. The van der Waals surface area contributed by atoms with Crippen LogP contribution in [0.3, 0.4) is 0 Å². The number of hydrogen-bond donors (Lipinski definition) is 0. The molecule has 2 bridgehead atoms. The zero-order valence-electron chi connectivity index (χ0n) is 21.5. The molecule has 2 saturated carbocycles. The van der Waals surface area contributed by atoms with E-state index in [-0.39, 0.29) is 16.6 Å². The van der Waals surface area contributed by atoms with Crippen LogP contribution in [-0.2, 0) is 9.47 Å². The lowest BCUT2D eigenvalue weighted by atomic mass is 9.58. The standard InChI is InChI=1S/C32H38N2O2/c1-30-10-8-26-19-25-4-5-27(34-14-16-35-17-15-34)20-31(25)11-12-32(26,36-31)29(30)7-6-28(30)23-3-2-22-9-13-33-21-24(22)18-23/h2-3,8-9,13,18-19,21,27-29H,4-7,10-12,14-17,20H2,1H3/t27-,28-,29-,30-,31-,32?/m1/s1. The summed E-state index contributed by atoms with van der Waals surface area (Å²) in [6, 6.07) is 9.88. The van der Waals surface area contributed by atoms with Gasteiger partial charge in [-0.15, -0.1) is 0 Å². The van der Waals surface area contributed by atoms with Gasteiger partial charge < -0.3 is 9.47 Å². The van der Waals surface area contributed by atoms with Crippen LogP contribution in [0.25, 0.3) is 10.8 Å². The fraction of sp³-hybridized carbons (Fsp3) is 0.594. The molecule has 3 aliphatic carbocycles. The van der Waals surface area contributed by atoms with Crippen LogP contribution >= 0.6 is 0 Å². The Morgan fingerprint density at radius 3 is 2.86 bits per heavy atom. The fourth-order valence-corrected chi connectivity index (χ4v) is 9.50. The normalized spacial score (nSPS) is 41.9. The van der Waals surface area contributed by atoms with Gasteiger partial charge in [0.2, 0.25) is 0 Å². The van der Waals surface area contributed by atoms with Crippen LogP contribution in [0.2, 0.25) is 0 Å². The molecule has 4 heterocycles. The highest BCUT2D eigenvalue weighted by molar-refractivity contribution is 5.82. The molecule has 36 heavy (non-hydrogen) atoms. The fourth-order valence-electron chi connectivity index (χ4n) is 9.50. The first kappa shape index (κ1) is 22.0. The Morgan fingerprint density at radius 1 is 1.03 bits per heavy atom. The molecule has 3 aliphatic heterocycles. The van der Waals surface area contributed by atoms with Crippen molar-refractivity contribution in [3.8, 4) is 0 Å². The lowest BCUT2D eigenvalue weighted by Gasteiger charge is -2.55. The molecule has 8 rings (SSSR count). The highest BCUT2D eigenvalue weighted by Gasteiger charge is 2.66. The molecule has 1 aromatic heterocycles. The molecule has 4 heteroatoms. The zero-order chi connectivity index (χ0) is 24.0. The molecule has 6 atom stereocenters. The van der Waals surface area contributed by atoms with Gasteiger partial charge >= 0.3 is 0 Å². The van der Waals surface area contributed by atoms with Gasteiger partial charge in [-0.2, -0.15) is 0 Å². The molecule has 1 unspecified atom stereocenters. The maximum Gasteiger partial charge on any atom is 0.0974 e. The van der Waals surface area contributed by atoms with Gasteiger partial charge in [0, 0.05) is 36.9 Å². The van der Waals surface area contributed by atoms with Gasteiger partial charge in [-0.25, -0.2) is 0 Å². The minimum atomic E-state index is -0.0729. The smallest absolute Gasteiger partial charge is 0.0974 e. The molecule has 0 radical (unpaired) electrons. The van der Waals surface area contributed by atoms with E-state index in [2.05, 4.69) is 53.2 Å². The van der Waals surface area contributed by atoms with Crippen LogP contribution < -0.4 is 0 Å². The minimum Gasteiger partial charge on any atom is -0.379 e.